The molecule has 2 N–H and O–H groups in total. The van der Waals surface area contributed by atoms with E-state index < -0.39 is 4.75 Å². The second-order valence-electron chi connectivity index (χ2n) is 9.10. The fraction of sp³-hybridized carbons (Fsp3) is 0.938. The molecule has 4 aliphatic carbocycles. The van der Waals surface area contributed by atoms with E-state index in [0.29, 0.717) is 10.8 Å². The summed E-state index contributed by atoms with van der Waals surface area (Å²) in [6, 6.07) is 0. The number of carbonyl (C=O) groups is 1. The van der Waals surface area contributed by atoms with Crippen molar-refractivity contribution in [3.63, 3.8) is 0 Å². The van der Waals surface area contributed by atoms with Gasteiger partial charge in [-0.1, -0.05) is 18.9 Å². The first-order valence-electron chi connectivity index (χ1n) is 8.08. The molecule has 4 bridgehead atoms. The number of carbonyl (C=O) groups excluding carboxylic acids is 1. The van der Waals surface area contributed by atoms with Gasteiger partial charge in [0, 0.05) is 5.54 Å². The molecule has 4 saturated carbocycles. The van der Waals surface area contributed by atoms with E-state index in [9.17, 15) is 4.79 Å². The molecule has 5 nitrogen and oxygen atoms in total. The molecule has 0 aromatic rings. The van der Waals surface area contributed by atoms with Crippen LogP contribution in [0.4, 0.5) is 0 Å². The summed E-state index contributed by atoms with van der Waals surface area (Å²) in [5, 5.41) is 15.3. The summed E-state index contributed by atoms with van der Waals surface area (Å²) in [6.45, 7) is 8.32. The van der Waals surface area contributed by atoms with E-state index in [2.05, 4.69) is 28.5 Å². The molecule has 0 radical (unpaired) electrons. The first kappa shape index (κ1) is 16.6. The number of amides is 1. The Morgan fingerprint density at radius 2 is 1.77 bits per heavy atom. The highest BCUT2D eigenvalue weighted by Gasteiger charge is 2.61. The first-order chi connectivity index (χ1) is 10.1. The van der Waals surface area contributed by atoms with Crippen LogP contribution >= 0.6 is 12.0 Å². The predicted molar refractivity (Wildman–Crippen MR) is 84.7 cm³/mol. The fourth-order valence-corrected chi connectivity index (χ4v) is 6.44. The first-order valence-corrected chi connectivity index (χ1v) is 8.82. The molecule has 4 rings (SSSR count). The molecular formula is C16H27NO4S. The van der Waals surface area contributed by atoms with Gasteiger partial charge in [0.2, 0.25) is 5.91 Å². The zero-order chi connectivity index (χ0) is 16.2. The SMILES string of the molecule is CC12CC3CC(C)(C1)CC(NC(=O)C(C)(C)SOOO)(C3)C2. The maximum atomic E-state index is 12.7. The smallest absolute Gasteiger partial charge is 0.238 e. The van der Waals surface area contributed by atoms with Crippen LogP contribution in [0, 0.1) is 16.7 Å². The van der Waals surface area contributed by atoms with E-state index in [4.69, 9.17) is 5.26 Å². The number of nitrogens with one attached hydrogen (secondary N) is 1. The number of rotatable bonds is 5. The largest absolute Gasteiger partial charge is 0.349 e. The lowest BCUT2D eigenvalue weighted by atomic mass is 9.42. The highest BCUT2D eigenvalue weighted by molar-refractivity contribution is 7.96. The highest BCUT2D eigenvalue weighted by atomic mass is 32.2. The summed E-state index contributed by atoms with van der Waals surface area (Å²) in [4.78, 5) is 12.7. The normalized spacial score (nSPS) is 43.4. The van der Waals surface area contributed by atoms with Crippen molar-refractivity contribution in [2.75, 3.05) is 0 Å². The van der Waals surface area contributed by atoms with Gasteiger partial charge in [-0.25, -0.2) is 5.26 Å². The third kappa shape index (κ3) is 2.90. The van der Waals surface area contributed by atoms with Crippen LogP contribution in [0.25, 0.3) is 0 Å². The Balaban J connectivity index is 1.76. The Morgan fingerprint density at radius 1 is 1.18 bits per heavy atom. The summed E-state index contributed by atoms with van der Waals surface area (Å²) in [6.07, 6.45) is 7.15. The van der Waals surface area contributed by atoms with Crippen molar-refractivity contribution >= 4 is 17.9 Å². The Labute approximate surface area is 136 Å². The van der Waals surface area contributed by atoms with Crippen LogP contribution in [0.1, 0.15) is 66.2 Å². The van der Waals surface area contributed by atoms with Crippen molar-refractivity contribution in [1.29, 1.82) is 0 Å². The molecule has 0 spiro atoms. The van der Waals surface area contributed by atoms with E-state index in [1.807, 2.05) is 0 Å². The molecule has 0 saturated heterocycles. The van der Waals surface area contributed by atoms with Crippen molar-refractivity contribution in [2.45, 2.75) is 76.5 Å². The Morgan fingerprint density at radius 3 is 2.27 bits per heavy atom. The molecule has 2 atom stereocenters. The second kappa shape index (κ2) is 5.10. The summed E-state index contributed by atoms with van der Waals surface area (Å²) in [5.74, 6) is 0.683. The van der Waals surface area contributed by atoms with Crippen molar-refractivity contribution in [2.24, 2.45) is 16.7 Å². The van der Waals surface area contributed by atoms with E-state index >= 15 is 0 Å². The van der Waals surface area contributed by atoms with Gasteiger partial charge in [-0.2, -0.15) is 0 Å². The molecule has 0 aromatic heterocycles. The van der Waals surface area contributed by atoms with E-state index in [0.717, 1.165) is 37.2 Å². The maximum absolute atomic E-state index is 12.7. The summed E-state index contributed by atoms with van der Waals surface area (Å²) < 4.78 is 3.68. The predicted octanol–water partition coefficient (Wildman–Crippen LogP) is 3.70. The zero-order valence-electron chi connectivity index (χ0n) is 13.9. The third-order valence-electron chi connectivity index (χ3n) is 5.82. The molecule has 6 heteroatoms. The van der Waals surface area contributed by atoms with Crippen LogP contribution in [0.2, 0.25) is 0 Å². The van der Waals surface area contributed by atoms with Crippen molar-refractivity contribution < 1.29 is 19.4 Å². The van der Waals surface area contributed by atoms with Gasteiger partial charge < -0.3 is 5.32 Å². The van der Waals surface area contributed by atoms with Gasteiger partial charge >= 0.3 is 0 Å². The van der Waals surface area contributed by atoms with Crippen LogP contribution in [0.15, 0.2) is 0 Å². The molecule has 4 fully saturated rings. The summed E-state index contributed by atoms with van der Waals surface area (Å²) >= 11 is 0.829. The van der Waals surface area contributed by atoms with Gasteiger partial charge in [0.25, 0.3) is 0 Å². The average molecular weight is 329 g/mol. The fourth-order valence-electron chi connectivity index (χ4n) is 6.12. The molecular weight excluding hydrogens is 302 g/mol. The third-order valence-corrected chi connectivity index (χ3v) is 6.56. The molecule has 126 valence electrons. The van der Waals surface area contributed by atoms with Crippen molar-refractivity contribution in [3.05, 3.63) is 0 Å². The van der Waals surface area contributed by atoms with Gasteiger partial charge in [-0.3, -0.25) is 4.79 Å². The van der Waals surface area contributed by atoms with Gasteiger partial charge in [-0.05, 0) is 69.1 Å². The van der Waals surface area contributed by atoms with Gasteiger partial charge in [0.1, 0.15) is 4.75 Å². The zero-order valence-corrected chi connectivity index (χ0v) is 14.7. The van der Waals surface area contributed by atoms with Crippen molar-refractivity contribution in [3.8, 4) is 0 Å². The molecule has 1 amide bonds. The molecule has 2 unspecified atom stereocenters. The minimum Gasteiger partial charge on any atom is -0.349 e. The van der Waals surface area contributed by atoms with Crippen LogP contribution in [-0.4, -0.2) is 21.5 Å². The van der Waals surface area contributed by atoms with Gasteiger partial charge in [-0.15, -0.1) is 4.33 Å². The summed E-state index contributed by atoms with van der Waals surface area (Å²) in [5.41, 5.74) is 0.658. The Hall–Kier alpha value is -0.300. The molecule has 22 heavy (non-hydrogen) atoms. The van der Waals surface area contributed by atoms with Crippen LogP contribution in [-0.2, 0) is 14.2 Å². The molecule has 4 aliphatic rings. The number of hydrogen-bond donors (Lipinski definition) is 2. The quantitative estimate of drug-likeness (QED) is 0.457. The molecule has 0 aliphatic heterocycles. The van der Waals surface area contributed by atoms with Gasteiger partial charge in [0.15, 0.2) is 0 Å². The monoisotopic (exact) mass is 329 g/mol. The molecule has 0 aromatic carbocycles. The Kier molecular flexibility index (Phi) is 3.84. The average Bonchev–Trinajstić information content (AvgIpc) is 2.31. The van der Waals surface area contributed by atoms with E-state index in [1.165, 1.54) is 19.3 Å². The molecule has 0 heterocycles. The minimum atomic E-state index is -0.812. The van der Waals surface area contributed by atoms with Crippen molar-refractivity contribution in [1.82, 2.24) is 5.32 Å². The topological polar surface area (TPSA) is 67.8 Å². The van der Waals surface area contributed by atoms with Crippen LogP contribution in [0.3, 0.4) is 0 Å². The summed E-state index contributed by atoms with van der Waals surface area (Å²) in [7, 11) is 0. The Bertz CT molecular complexity index is 463. The standard InChI is InChI=1S/C16H27NO4S/c1-13(2,22-21-20-19)12(18)17-16-7-11-5-14(3,9-16)8-15(4,6-11)10-16/h11,19H,5-10H2,1-4H3,(H,17,18). The lowest BCUT2D eigenvalue weighted by Gasteiger charge is -2.65. The van der Waals surface area contributed by atoms with Crippen LogP contribution < -0.4 is 5.32 Å². The second-order valence-corrected chi connectivity index (χ2v) is 10.4. The van der Waals surface area contributed by atoms with Crippen LogP contribution in [0.5, 0.6) is 0 Å². The number of hydrogen-bond acceptors (Lipinski definition) is 5. The lowest BCUT2D eigenvalue weighted by Crippen LogP contribution is -2.66. The minimum absolute atomic E-state index is 0.0521. The highest BCUT2D eigenvalue weighted by Crippen LogP contribution is 2.66. The lowest BCUT2D eigenvalue weighted by molar-refractivity contribution is -0.432. The van der Waals surface area contributed by atoms with E-state index in [1.54, 1.807) is 13.8 Å². The van der Waals surface area contributed by atoms with E-state index in [-0.39, 0.29) is 11.4 Å². The maximum Gasteiger partial charge on any atom is 0.238 e. The van der Waals surface area contributed by atoms with Gasteiger partial charge in [0.05, 0.1) is 12.0 Å².